The van der Waals surface area contributed by atoms with Gasteiger partial charge in [-0.15, -0.1) is 0 Å². The van der Waals surface area contributed by atoms with Gasteiger partial charge in [-0.1, -0.05) is 13.8 Å². The van der Waals surface area contributed by atoms with Gasteiger partial charge in [-0.2, -0.15) is 0 Å². The maximum absolute atomic E-state index is 6.17. The van der Waals surface area contributed by atoms with Crippen molar-refractivity contribution in [3.63, 3.8) is 0 Å². The normalized spacial score (nSPS) is 26.1. The van der Waals surface area contributed by atoms with Gasteiger partial charge in [0.1, 0.15) is 0 Å². The molecule has 1 saturated heterocycles. The third kappa shape index (κ3) is 5.05. The summed E-state index contributed by atoms with van der Waals surface area (Å²) in [4.78, 5) is 2.60. The molecular formula is C16H34N2O. The predicted molar refractivity (Wildman–Crippen MR) is 82.7 cm³/mol. The van der Waals surface area contributed by atoms with E-state index in [0.29, 0.717) is 12.1 Å². The minimum Gasteiger partial charge on any atom is -0.367 e. The van der Waals surface area contributed by atoms with Crippen LogP contribution in [0.15, 0.2) is 0 Å². The molecule has 0 spiro atoms. The van der Waals surface area contributed by atoms with Gasteiger partial charge in [-0.25, -0.2) is 0 Å². The highest BCUT2D eigenvalue weighted by Gasteiger charge is 2.40. The summed E-state index contributed by atoms with van der Waals surface area (Å²) in [5, 5.41) is 3.69. The van der Waals surface area contributed by atoms with Crippen molar-refractivity contribution in [3.05, 3.63) is 0 Å². The molecule has 0 radical (unpaired) electrons. The zero-order valence-electron chi connectivity index (χ0n) is 14.0. The lowest BCUT2D eigenvalue weighted by atomic mass is 9.95. The van der Waals surface area contributed by atoms with Crippen molar-refractivity contribution in [1.82, 2.24) is 10.2 Å². The molecule has 2 atom stereocenters. The Morgan fingerprint density at radius 1 is 1.11 bits per heavy atom. The largest absolute Gasteiger partial charge is 0.367 e. The molecule has 1 fully saturated rings. The zero-order chi connectivity index (χ0) is 14.7. The molecule has 3 nitrogen and oxygen atoms in total. The summed E-state index contributed by atoms with van der Waals surface area (Å²) < 4.78 is 6.17. The van der Waals surface area contributed by atoms with Crippen LogP contribution in [0.5, 0.6) is 0 Å². The zero-order valence-corrected chi connectivity index (χ0v) is 14.0. The summed E-state index contributed by atoms with van der Waals surface area (Å²) in [5.74, 6) is 0. The highest BCUT2D eigenvalue weighted by Crippen LogP contribution is 2.30. The summed E-state index contributed by atoms with van der Waals surface area (Å²) in [6, 6.07) is 1.13. The van der Waals surface area contributed by atoms with Crippen LogP contribution in [0.1, 0.15) is 61.3 Å². The van der Waals surface area contributed by atoms with Crippen molar-refractivity contribution in [2.45, 2.75) is 84.6 Å². The van der Waals surface area contributed by atoms with E-state index in [9.17, 15) is 0 Å². The molecule has 1 heterocycles. The molecule has 1 N–H and O–H groups in total. The molecule has 3 heteroatoms. The molecule has 1 aliphatic rings. The van der Waals surface area contributed by atoms with E-state index in [1.54, 1.807) is 0 Å². The van der Waals surface area contributed by atoms with Crippen LogP contribution < -0.4 is 5.32 Å². The number of hydrogen-bond acceptors (Lipinski definition) is 3. The Morgan fingerprint density at radius 3 is 2.05 bits per heavy atom. The fourth-order valence-electron chi connectivity index (χ4n) is 3.37. The minimum absolute atomic E-state index is 0.0565. The lowest BCUT2D eigenvalue weighted by molar-refractivity contribution is -0.188. The molecule has 0 aromatic carbocycles. The van der Waals surface area contributed by atoms with Gasteiger partial charge in [-0.05, 0) is 54.0 Å². The lowest BCUT2D eigenvalue weighted by Gasteiger charge is -2.50. The maximum atomic E-state index is 6.17. The van der Waals surface area contributed by atoms with Gasteiger partial charge < -0.3 is 10.1 Å². The van der Waals surface area contributed by atoms with Gasteiger partial charge in [-0.3, -0.25) is 4.90 Å². The number of nitrogens with zero attached hydrogens (tertiary/aromatic N) is 1. The molecule has 19 heavy (non-hydrogen) atoms. The average molecular weight is 270 g/mol. The third-order valence-corrected chi connectivity index (χ3v) is 3.97. The standard InChI is InChI=1S/C16H34N2O/c1-8-10-17-14(9-2)13(3)18-11-15(4,5)19-16(6,7)12-18/h13-14,17H,8-12H2,1-7H3. The van der Waals surface area contributed by atoms with Gasteiger partial charge in [0.05, 0.1) is 11.2 Å². The van der Waals surface area contributed by atoms with Crippen molar-refractivity contribution < 1.29 is 4.74 Å². The number of hydrogen-bond donors (Lipinski definition) is 1. The van der Waals surface area contributed by atoms with Crippen molar-refractivity contribution >= 4 is 0 Å². The SMILES string of the molecule is CCCNC(CC)C(C)N1CC(C)(C)OC(C)(C)C1. The van der Waals surface area contributed by atoms with Crippen LogP contribution in [-0.4, -0.2) is 47.8 Å². The molecule has 1 rings (SSSR count). The smallest absolute Gasteiger partial charge is 0.0760 e. The Kier molecular flexibility index (Phi) is 5.84. The van der Waals surface area contributed by atoms with E-state index in [0.717, 1.165) is 19.6 Å². The van der Waals surface area contributed by atoms with E-state index in [1.807, 2.05) is 0 Å². The van der Waals surface area contributed by atoms with Gasteiger partial charge in [0.2, 0.25) is 0 Å². The molecule has 114 valence electrons. The van der Waals surface area contributed by atoms with E-state index in [-0.39, 0.29) is 11.2 Å². The average Bonchev–Trinajstić information content (AvgIpc) is 2.25. The number of rotatable bonds is 6. The second-order valence-electron chi connectivity index (χ2n) is 7.24. The van der Waals surface area contributed by atoms with Crippen LogP contribution in [0.2, 0.25) is 0 Å². The summed E-state index contributed by atoms with van der Waals surface area (Å²) in [6.07, 6.45) is 2.38. The molecule has 0 saturated carbocycles. The quantitative estimate of drug-likeness (QED) is 0.803. The second-order valence-corrected chi connectivity index (χ2v) is 7.24. The van der Waals surface area contributed by atoms with E-state index < -0.39 is 0 Å². The first kappa shape index (κ1) is 16.9. The van der Waals surface area contributed by atoms with Crippen molar-refractivity contribution in [2.75, 3.05) is 19.6 Å². The van der Waals surface area contributed by atoms with Crippen LogP contribution in [0.3, 0.4) is 0 Å². The van der Waals surface area contributed by atoms with Gasteiger partial charge in [0, 0.05) is 25.2 Å². The second kappa shape index (κ2) is 6.55. The van der Waals surface area contributed by atoms with Crippen molar-refractivity contribution in [2.24, 2.45) is 0 Å². The van der Waals surface area contributed by atoms with Gasteiger partial charge in [0.25, 0.3) is 0 Å². The summed E-state index contributed by atoms with van der Waals surface area (Å²) in [6.45, 7) is 18.8. The van der Waals surface area contributed by atoms with E-state index in [4.69, 9.17) is 4.74 Å². The Bertz CT molecular complexity index is 260. The van der Waals surface area contributed by atoms with E-state index in [1.165, 1.54) is 12.8 Å². The molecule has 0 aromatic heterocycles. The molecule has 0 amide bonds. The first-order valence-corrected chi connectivity index (χ1v) is 7.88. The molecule has 0 bridgehead atoms. The molecule has 2 unspecified atom stereocenters. The van der Waals surface area contributed by atoms with E-state index >= 15 is 0 Å². The monoisotopic (exact) mass is 270 g/mol. The van der Waals surface area contributed by atoms with Crippen LogP contribution in [0.25, 0.3) is 0 Å². The first-order valence-electron chi connectivity index (χ1n) is 7.88. The molecule has 0 aliphatic carbocycles. The number of ether oxygens (including phenoxy) is 1. The first-order chi connectivity index (χ1) is 8.71. The lowest BCUT2D eigenvalue weighted by Crippen LogP contribution is -2.62. The third-order valence-electron chi connectivity index (χ3n) is 3.97. The molecular weight excluding hydrogens is 236 g/mol. The van der Waals surface area contributed by atoms with Gasteiger partial charge in [0.15, 0.2) is 0 Å². The Morgan fingerprint density at radius 2 is 1.63 bits per heavy atom. The topological polar surface area (TPSA) is 24.5 Å². The Labute approximate surface area is 120 Å². The van der Waals surface area contributed by atoms with Crippen molar-refractivity contribution in [1.29, 1.82) is 0 Å². The fraction of sp³-hybridized carbons (Fsp3) is 1.00. The number of morpholine rings is 1. The van der Waals surface area contributed by atoms with Gasteiger partial charge >= 0.3 is 0 Å². The minimum atomic E-state index is -0.0565. The number of nitrogens with one attached hydrogen (secondary N) is 1. The van der Waals surface area contributed by atoms with E-state index in [2.05, 4.69) is 58.7 Å². The maximum Gasteiger partial charge on any atom is 0.0760 e. The van der Waals surface area contributed by atoms with Crippen LogP contribution >= 0.6 is 0 Å². The van der Waals surface area contributed by atoms with Crippen molar-refractivity contribution in [3.8, 4) is 0 Å². The highest BCUT2D eigenvalue weighted by atomic mass is 16.5. The van der Waals surface area contributed by atoms with Crippen LogP contribution in [0, 0.1) is 0 Å². The molecule has 1 aliphatic heterocycles. The highest BCUT2D eigenvalue weighted by molar-refractivity contribution is 4.93. The summed E-state index contributed by atoms with van der Waals surface area (Å²) in [5.41, 5.74) is -0.113. The Hall–Kier alpha value is -0.120. The molecule has 0 aromatic rings. The summed E-state index contributed by atoms with van der Waals surface area (Å²) >= 11 is 0. The Balaban J connectivity index is 2.71. The predicted octanol–water partition coefficient (Wildman–Crippen LogP) is 3.04. The summed E-state index contributed by atoms with van der Waals surface area (Å²) in [7, 11) is 0. The van der Waals surface area contributed by atoms with Crippen LogP contribution in [0.4, 0.5) is 0 Å². The van der Waals surface area contributed by atoms with Crippen LogP contribution in [-0.2, 0) is 4.74 Å². The fourth-order valence-corrected chi connectivity index (χ4v) is 3.37.